The first-order valence-corrected chi connectivity index (χ1v) is 16.0. The molecule has 0 saturated heterocycles. The fourth-order valence-corrected chi connectivity index (χ4v) is 4.75. The van der Waals surface area contributed by atoms with Gasteiger partial charge in [0.15, 0.2) is 0 Å². The van der Waals surface area contributed by atoms with Gasteiger partial charge in [-0.3, -0.25) is 4.79 Å². The molecule has 1 aromatic heterocycles. The largest absolute Gasteiger partial charge is 0.444 e. The smallest absolute Gasteiger partial charge is 0.407 e. The quantitative estimate of drug-likeness (QED) is 0.0881. The van der Waals surface area contributed by atoms with E-state index in [1.54, 1.807) is 19.2 Å². The lowest BCUT2D eigenvalue weighted by atomic mass is 10.1. The third-order valence-electron chi connectivity index (χ3n) is 6.18. The molecule has 0 aliphatic heterocycles. The molecule has 2 aromatic carbocycles. The van der Waals surface area contributed by atoms with Crippen LogP contribution in [0, 0.1) is 0 Å². The number of allylic oxidation sites excluding steroid dienone is 3. The minimum Gasteiger partial charge on any atom is -0.444 e. The summed E-state index contributed by atoms with van der Waals surface area (Å²) in [5.74, 6) is 0.408. The predicted octanol–water partition coefficient (Wildman–Crippen LogP) is 4.79. The Morgan fingerprint density at radius 2 is 1.65 bits per heavy atom. The molecule has 0 spiro atoms. The Morgan fingerprint density at radius 3 is 2.35 bits per heavy atom. The van der Waals surface area contributed by atoms with Crippen molar-refractivity contribution in [2.24, 2.45) is 11.5 Å². The Balaban J connectivity index is 0.000000700. The van der Waals surface area contributed by atoms with Gasteiger partial charge >= 0.3 is 6.09 Å². The van der Waals surface area contributed by atoms with Gasteiger partial charge in [0, 0.05) is 32.1 Å². The minimum absolute atomic E-state index is 0.154. The first kappa shape index (κ1) is 37.5. The summed E-state index contributed by atoms with van der Waals surface area (Å²) >= 11 is 1.38. The van der Waals surface area contributed by atoms with Crippen LogP contribution >= 0.6 is 11.3 Å². The number of nitrogens with zero attached hydrogens (tertiary/aromatic N) is 2. The van der Waals surface area contributed by atoms with Crippen LogP contribution in [0.4, 0.5) is 9.93 Å². The number of nitrogens with one attached hydrogen (secondary N) is 3. The number of carbonyl (C=O) groups is 3. The van der Waals surface area contributed by atoms with Gasteiger partial charge in [0.2, 0.25) is 11.0 Å². The van der Waals surface area contributed by atoms with Gasteiger partial charge < -0.3 is 36.9 Å². The zero-order valence-electron chi connectivity index (χ0n) is 27.2. The number of rotatable bonds is 15. The molecular formula is C34H47N7O4S. The Labute approximate surface area is 275 Å². The van der Waals surface area contributed by atoms with Crippen LogP contribution < -0.4 is 27.4 Å². The van der Waals surface area contributed by atoms with E-state index < -0.39 is 11.7 Å². The summed E-state index contributed by atoms with van der Waals surface area (Å²) in [6.07, 6.45) is 8.78. The standard InChI is InChI=1S/C26H39N7O3S.C8H8O/c1-26(2,3)36-25(35)30-15-14-18-8-7-9-19(16-18)17-22(34)31-24-33-32-23(37-24)11-6-5-10-20(27)12-13-21(28)29-4;9-7-6-8-4-2-1-3-5-8/h7-9,12-13,16,29H,5-6,10-11,14-15,17,27-28H2,1-4H3,(H,30,35)(H,31,33,34);1-5,7H,6H2/b20-12-,21-13+;. The number of aromatic nitrogens is 2. The second kappa shape index (κ2) is 20.3. The van der Waals surface area contributed by atoms with Gasteiger partial charge in [-0.1, -0.05) is 65.9 Å². The summed E-state index contributed by atoms with van der Waals surface area (Å²) in [6, 6.07) is 17.4. The first-order valence-electron chi connectivity index (χ1n) is 15.2. The van der Waals surface area contributed by atoms with Gasteiger partial charge in [-0.05, 0) is 75.3 Å². The number of alkyl carbamates (subject to hydrolysis) is 1. The number of anilines is 1. The van der Waals surface area contributed by atoms with E-state index in [1.165, 1.54) is 11.3 Å². The molecule has 0 unspecified atom stereocenters. The van der Waals surface area contributed by atoms with Crippen molar-refractivity contribution in [1.82, 2.24) is 20.8 Å². The van der Waals surface area contributed by atoms with Gasteiger partial charge in [0.1, 0.15) is 16.9 Å². The van der Waals surface area contributed by atoms with Gasteiger partial charge in [0.25, 0.3) is 0 Å². The Morgan fingerprint density at radius 1 is 0.935 bits per heavy atom. The molecule has 12 heteroatoms. The predicted molar refractivity (Wildman–Crippen MR) is 184 cm³/mol. The Kier molecular flexibility index (Phi) is 16.6. The van der Waals surface area contributed by atoms with Crippen LogP contribution in [0.2, 0.25) is 0 Å². The van der Waals surface area contributed by atoms with E-state index in [0.717, 1.165) is 59.4 Å². The fraction of sp³-hybridized carbons (Fsp3) is 0.382. The molecule has 2 amide bonds. The Bertz CT molecular complexity index is 1430. The van der Waals surface area contributed by atoms with E-state index in [1.807, 2.05) is 75.4 Å². The van der Waals surface area contributed by atoms with E-state index >= 15 is 0 Å². The van der Waals surface area contributed by atoms with Crippen LogP contribution in [0.25, 0.3) is 0 Å². The maximum atomic E-state index is 12.5. The van der Waals surface area contributed by atoms with E-state index in [0.29, 0.717) is 30.3 Å². The zero-order valence-corrected chi connectivity index (χ0v) is 28.0. The SMILES string of the molecule is CN/C(N)=C/C=C(\N)CCCCc1nnc(NC(=O)Cc2cccc(CCNC(=O)OC(C)(C)C)c2)s1.O=CCc1ccccc1. The molecule has 0 saturated carbocycles. The minimum atomic E-state index is -0.531. The van der Waals surface area contributed by atoms with Gasteiger partial charge in [-0.15, -0.1) is 10.2 Å². The number of aldehydes is 1. The highest BCUT2D eigenvalue weighted by Crippen LogP contribution is 2.18. The number of ether oxygens (including phenoxy) is 1. The van der Waals surface area contributed by atoms with E-state index in [-0.39, 0.29) is 12.3 Å². The Hall–Kier alpha value is -4.71. The van der Waals surface area contributed by atoms with Gasteiger partial charge in [0.05, 0.1) is 12.2 Å². The molecule has 0 radical (unpaired) electrons. The van der Waals surface area contributed by atoms with Gasteiger partial charge in [-0.2, -0.15) is 0 Å². The highest BCUT2D eigenvalue weighted by atomic mass is 32.1. The number of aryl methyl sites for hydroxylation is 1. The van der Waals surface area contributed by atoms with Crippen molar-refractivity contribution in [2.75, 3.05) is 18.9 Å². The van der Waals surface area contributed by atoms with Crippen molar-refractivity contribution in [3.63, 3.8) is 0 Å². The van der Waals surface area contributed by atoms with Crippen LogP contribution in [0.15, 0.2) is 78.3 Å². The summed E-state index contributed by atoms with van der Waals surface area (Å²) < 4.78 is 5.24. The number of carbonyl (C=O) groups excluding carboxylic acids is 3. The summed E-state index contributed by atoms with van der Waals surface area (Å²) in [6.45, 7) is 5.92. The van der Waals surface area contributed by atoms with Crippen LogP contribution in [0.5, 0.6) is 0 Å². The summed E-state index contributed by atoms with van der Waals surface area (Å²) in [5.41, 5.74) is 14.9. The van der Waals surface area contributed by atoms with E-state index in [4.69, 9.17) is 16.2 Å². The number of hydrogen-bond acceptors (Lipinski definition) is 10. The van der Waals surface area contributed by atoms with Crippen molar-refractivity contribution in [1.29, 1.82) is 0 Å². The zero-order chi connectivity index (χ0) is 33.8. The number of hydrogen-bond donors (Lipinski definition) is 5. The summed E-state index contributed by atoms with van der Waals surface area (Å²) in [5, 5.41) is 18.0. The second-order valence-electron chi connectivity index (χ2n) is 11.4. The molecule has 0 fully saturated rings. The molecule has 0 bridgehead atoms. The van der Waals surface area contributed by atoms with Crippen molar-refractivity contribution < 1.29 is 19.1 Å². The third-order valence-corrected chi connectivity index (χ3v) is 7.08. The maximum absolute atomic E-state index is 12.5. The number of nitrogens with two attached hydrogens (primary N) is 2. The average Bonchev–Trinajstić information content (AvgIpc) is 3.45. The van der Waals surface area contributed by atoms with Crippen LogP contribution in [-0.4, -0.2) is 47.7 Å². The van der Waals surface area contributed by atoms with Crippen LogP contribution in [0.1, 0.15) is 61.7 Å². The fourth-order valence-electron chi connectivity index (χ4n) is 3.95. The molecular weight excluding hydrogens is 602 g/mol. The molecule has 11 nitrogen and oxygen atoms in total. The number of amides is 2. The summed E-state index contributed by atoms with van der Waals surface area (Å²) in [7, 11) is 1.75. The molecule has 3 rings (SSSR count). The summed E-state index contributed by atoms with van der Waals surface area (Å²) in [4.78, 5) is 34.3. The molecule has 0 aliphatic rings. The molecule has 0 aliphatic carbocycles. The van der Waals surface area contributed by atoms with Crippen molar-refractivity contribution in [2.45, 2.75) is 71.3 Å². The monoisotopic (exact) mass is 649 g/mol. The highest BCUT2D eigenvalue weighted by Gasteiger charge is 2.15. The van der Waals surface area contributed by atoms with Crippen LogP contribution in [-0.2, 0) is 40.0 Å². The average molecular weight is 650 g/mol. The molecule has 3 aromatic rings. The molecule has 248 valence electrons. The highest BCUT2D eigenvalue weighted by molar-refractivity contribution is 7.15. The molecule has 1 heterocycles. The van der Waals surface area contributed by atoms with Crippen LogP contribution in [0.3, 0.4) is 0 Å². The topological polar surface area (TPSA) is 174 Å². The normalized spacial score (nSPS) is 11.6. The third kappa shape index (κ3) is 17.0. The lowest BCUT2D eigenvalue weighted by molar-refractivity contribution is -0.115. The van der Waals surface area contributed by atoms with Crippen molar-refractivity contribution in [3.05, 3.63) is 100.0 Å². The lowest BCUT2D eigenvalue weighted by Gasteiger charge is -2.19. The molecule has 46 heavy (non-hydrogen) atoms. The lowest BCUT2D eigenvalue weighted by Crippen LogP contribution is -2.33. The van der Waals surface area contributed by atoms with E-state index in [2.05, 4.69) is 26.1 Å². The molecule has 0 atom stereocenters. The van der Waals surface area contributed by atoms with Gasteiger partial charge in [-0.25, -0.2) is 4.79 Å². The maximum Gasteiger partial charge on any atom is 0.407 e. The second-order valence-corrected chi connectivity index (χ2v) is 12.5. The molecule has 7 N–H and O–H groups in total. The van der Waals surface area contributed by atoms with Crippen molar-refractivity contribution in [3.8, 4) is 0 Å². The van der Waals surface area contributed by atoms with Crippen molar-refractivity contribution >= 4 is 34.8 Å². The number of unbranched alkanes of at least 4 members (excludes halogenated alkanes) is 1. The number of benzene rings is 2. The van der Waals surface area contributed by atoms with E-state index in [9.17, 15) is 14.4 Å². The first-order chi connectivity index (χ1) is 22.0.